The molecule has 1 atom stereocenters. The molecule has 1 heterocycles. The van der Waals surface area contributed by atoms with Crippen LogP contribution in [0.1, 0.15) is 24.3 Å². The van der Waals surface area contributed by atoms with Crippen LogP contribution in [0.2, 0.25) is 0 Å². The monoisotopic (exact) mass is 314 g/mol. The normalized spacial score (nSPS) is 12.1. The molecule has 0 aromatic carbocycles. The van der Waals surface area contributed by atoms with E-state index in [2.05, 4.69) is 31.0 Å². The van der Waals surface area contributed by atoms with Crippen LogP contribution in [0, 0.1) is 5.92 Å². The van der Waals surface area contributed by atoms with E-state index in [1.54, 1.807) is 18.2 Å². The van der Waals surface area contributed by atoms with Crippen LogP contribution >= 0.6 is 15.9 Å². The lowest BCUT2D eigenvalue weighted by molar-refractivity contribution is -0.144. The number of rotatable bonds is 4. The van der Waals surface area contributed by atoms with Gasteiger partial charge in [0.25, 0.3) is 5.91 Å². The Morgan fingerprint density at radius 3 is 2.56 bits per heavy atom. The van der Waals surface area contributed by atoms with Crippen molar-refractivity contribution >= 4 is 27.8 Å². The Morgan fingerprint density at radius 2 is 2.06 bits per heavy atom. The predicted octanol–water partition coefficient (Wildman–Crippen LogP) is 1.77. The Kier molecular flexibility index (Phi) is 5.27. The van der Waals surface area contributed by atoms with E-state index in [-0.39, 0.29) is 11.6 Å². The number of ether oxygens (including phenoxy) is 1. The number of aromatic nitrogens is 1. The van der Waals surface area contributed by atoms with Gasteiger partial charge in [-0.1, -0.05) is 19.9 Å². The second kappa shape index (κ2) is 6.49. The van der Waals surface area contributed by atoms with E-state index in [9.17, 15) is 9.59 Å². The second-order valence-corrected chi connectivity index (χ2v) is 4.88. The highest BCUT2D eigenvalue weighted by Gasteiger charge is 2.25. The molecule has 0 bridgehead atoms. The molecular formula is C12H15BrN2O3. The predicted molar refractivity (Wildman–Crippen MR) is 70.0 cm³/mol. The second-order valence-electron chi connectivity index (χ2n) is 4.06. The Bertz CT molecular complexity index is 449. The fourth-order valence-electron chi connectivity index (χ4n) is 1.37. The van der Waals surface area contributed by atoms with Crippen molar-refractivity contribution < 1.29 is 14.3 Å². The average Bonchev–Trinajstić information content (AvgIpc) is 2.34. The van der Waals surface area contributed by atoms with Crippen LogP contribution in [0.3, 0.4) is 0 Å². The summed E-state index contributed by atoms with van der Waals surface area (Å²) in [6.07, 6.45) is 0. The fraction of sp³-hybridized carbons (Fsp3) is 0.417. The first kappa shape index (κ1) is 14.6. The number of nitrogens with one attached hydrogen (secondary N) is 1. The molecule has 5 nitrogen and oxygen atoms in total. The lowest BCUT2D eigenvalue weighted by atomic mass is 10.0. The summed E-state index contributed by atoms with van der Waals surface area (Å²) in [5.41, 5.74) is 0.249. The van der Waals surface area contributed by atoms with Crippen molar-refractivity contribution in [3.63, 3.8) is 0 Å². The third-order valence-corrected chi connectivity index (χ3v) is 2.80. The third-order valence-electron chi connectivity index (χ3n) is 2.36. The van der Waals surface area contributed by atoms with Gasteiger partial charge in [0, 0.05) is 0 Å². The fourth-order valence-corrected chi connectivity index (χ4v) is 1.72. The number of hydrogen-bond acceptors (Lipinski definition) is 4. The van der Waals surface area contributed by atoms with Gasteiger partial charge in [-0.05, 0) is 34.0 Å². The van der Waals surface area contributed by atoms with Crippen molar-refractivity contribution in [3.05, 3.63) is 28.5 Å². The minimum absolute atomic E-state index is 0.0615. The molecule has 1 unspecified atom stereocenters. The molecule has 1 amide bonds. The summed E-state index contributed by atoms with van der Waals surface area (Å²) < 4.78 is 5.21. The van der Waals surface area contributed by atoms with Crippen molar-refractivity contribution in [2.45, 2.75) is 19.9 Å². The summed E-state index contributed by atoms with van der Waals surface area (Å²) in [6, 6.07) is 4.32. The lowest BCUT2D eigenvalue weighted by Gasteiger charge is -2.19. The topological polar surface area (TPSA) is 68.3 Å². The van der Waals surface area contributed by atoms with Crippen molar-refractivity contribution in [1.82, 2.24) is 10.3 Å². The molecule has 0 spiro atoms. The van der Waals surface area contributed by atoms with Gasteiger partial charge in [0.05, 0.1) is 7.11 Å². The Balaban J connectivity index is 2.82. The van der Waals surface area contributed by atoms with Crippen molar-refractivity contribution in [2.75, 3.05) is 7.11 Å². The molecule has 0 saturated carbocycles. The number of methoxy groups -OCH3 is 1. The number of halogens is 1. The van der Waals surface area contributed by atoms with Crippen molar-refractivity contribution in [1.29, 1.82) is 0 Å². The first-order valence-electron chi connectivity index (χ1n) is 5.47. The van der Waals surface area contributed by atoms with E-state index >= 15 is 0 Å². The summed E-state index contributed by atoms with van der Waals surface area (Å²) in [6.45, 7) is 3.66. The van der Waals surface area contributed by atoms with Crippen molar-refractivity contribution in [2.24, 2.45) is 5.92 Å². The summed E-state index contributed by atoms with van der Waals surface area (Å²) >= 11 is 3.19. The smallest absolute Gasteiger partial charge is 0.328 e. The maximum absolute atomic E-state index is 11.9. The highest BCUT2D eigenvalue weighted by atomic mass is 79.9. The van der Waals surface area contributed by atoms with Crippen LogP contribution < -0.4 is 5.32 Å². The quantitative estimate of drug-likeness (QED) is 0.679. The largest absolute Gasteiger partial charge is 0.467 e. The Morgan fingerprint density at radius 1 is 1.39 bits per heavy atom. The molecule has 1 aromatic heterocycles. The molecule has 1 N–H and O–H groups in total. The summed E-state index contributed by atoms with van der Waals surface area (Å²) in [5, 5.41) is 2.61. The van der Waals surface area contributed by atoms with E-state index < -0.39 is 17.9 Å². The minimum Gasteiger partial charge on any atom is -0.467 e. The van der Waals surface area contributed by atoms with Crippen LogP contribution in [0.25, 0.3) is 0 Å². The van der Waals surface area contributed by atoms with E-state index in [4.69, 9.17) is 0 Å². The van der Waals surface area contributed by atoms with Crippen LogP contribution in [-0.4, -0.2) is 30.0 Å². The SMILES string of the molecule is COC(=O)C(NC(=O)c1cccc(Br)n1)C(C)C. The van der Waals surface area contributed by atoms with E-state index in [0.29, 0.717) is 4.60 Å². The summed E-state index contributed by atoms with van der Waals surface area (Å²) in [4.78, 5) is 27.5. The molecule has 0 aliphatic rings. The zero-order chi connectivity index (χ0) is 13.7. The number of esters is 1. The maximum atomic E-state index is 11.9. The summed E-state index contributed by atoms with van der Waals surface area (Å²) in [7, 11) is 1.29. The number of carbonyl (C=O) groups excluding carboxylic acids is 2. The van der Waals surface area contributed by atoms with Crippen LogP contribution in [0.15, 0.2) is 22.8 Å². The van der Waals surface area contributed by atoms with E-state index in [0.717, 1.165) is 0 Å². The van der Waals surface area contributed by atoms with Gasteiger partial charge < -0.3 is 10.1 Å². The van der Waals surface area contributed by atoms with Gasteiger partial charge in [-0.3, -0.25) is 4.79 Å². The first-order valence-corrected chi connectivity index (χ1v) is 6.26. The van der Waals surface area contributed by atoms with Crippen LogP contribution in [-0.2, 0) is 9.53 Å². The standard InChI is InChI=1S/C12H15BrN2O3/c1-7(2)10(12(17)18-3)15-11(16)8-5-4-6-9(13)14-8/h4-7,10H,1-3H3,(H,15,16). The maximum Gasteiger partial charge on any atom is 0.328 e. The number of pyridine rings is 1. The number of amides is 1. The van der Waals surface area contributed by atoms with Gasteiger partial charge in [0.15, 0.2) is 0 Å². The number of carbonyl (C=O) groups is 2. The van der Waals surface area contributed by atoms with Gasteiger partial charge in [-0.15, -0.1) is 0 Å². The first-order chi connectivity index (χ1) is 8.45. The highest BCUT2D eigenvalue weighted by Crippen LogP contribution is 2.08. The van der Waals surface area contributed by atoms with Crippen LogP contribution in [0.5, 0.6) is 0 Å². The summed E-state index contributed by atoms with van der Waals surface area (Å²) in [5.74, 6) is -0.928. The van der Waals surface area contributed by atoms with E-state index in [1.807, 2.05) is 13.8 Å². The van der Waals surface area contributed by atoms with Gasteiger partial charge in [0.2, 0.25) is 0 Å². The molecule has 0 saturated heterocycles. The molecule has 1 rings (SSSR count). The number of nitrogens with zero attached hydrogens (tertiary/aromatic N) is 1. The Labute approximate surface area is 114 Å². The van der Waals surface area contributed by atoms with Gasteiger partial charge in [-0.25, -0.2) is 9.78 Å². The molecule has 0 aliphatic heterocycles. The molecule has 18 heavy (non-hydrogen) atoms. The van der Waals surface area contributed by atoms with Crippen LogP contribution in [0.4, 0.5) is 0 Å². The van der Waals surface area contributed by atoms with Crippen molar-refractivity contribution in [3.8, 4) is 0 Å². The highest BCUT2D eigenvalue weighted by molar-refractivity contribution is 9.10. The molecule has 0 fully saturated rings. The number of hydrogen-bond donors (Lipinski definition) is 1. The molecule has 1 aromatic rings. The molecule has 98 valence electrons. The average molecular weight is 315 g/mol. The molecular weight excluding hydrogens is 300 g/mol. The molecule has 6 heteroatoms. The zero-order valence-corrected chi connectivity index (χ0v) is 12.0. The minimum atomic E-state index is -0.678. The van der Waals surface area contributed by atoms with E-state index in [1.165, 1.54) is 7.11 Å². The third kappa shape index (κ3) is 3.80. The molecule has 0 radical (unpaired) electrons. The van der Waals surface area contributed by atoms with Gasteiger partial charge >= 0.3 is 5.97 Å². The zero-order valence-electron chi connectivity index (χ0n) is 10.4. The Hall–Kier alpha value is -1.43. The van der Waals surface area contributed by atoms with Gasteiger partial charge in [0.1, 0.15) is 16.3 Å². The van der Waals surface area contributed by atoms with Gasteiger partial charge in [-0.2, -0.15) is 0 Å². The lowest BCUT2D eigenvalue weighted by Crippen LogP contribution is -2.45. The molecule has 0 aliphatic carbocycles.